The Kier molecular flexibility index (Phi) is 2.98. The first-order chi connectivity index (χ1) is 7.96. The van der Waals surface area contributed by atoms with Crippen LogP contribution in [0.3, 0.4) is 0 Å². The van der Waals surface area contributed by atoms with Crippen LogP contribution in [-0.4, -0.2) is 34.3 Å². The van der Waals surface area contributed by atoms with Crippen LogP contribution in [0.25, 0.3) is 10.9 Å². The fourth-order valence-corrected chi connectivity index (χ4v) is 1.80. The molecule has 0 fully saturated rings. The van der Waals surface area contributed by atoms with Crippen LogP contribution in [0.5, 0.6) is 0 Å². The van der Waals surface area contributed by atoms with Crippen LogP contribution >= 0.6 is 0 Å². The highest BCUT2D eigenvalue weighted by atomic mass is 16.3. The van der Waals surface area contributed by atoms with Gasteiger partial charge in [0.1, 0.15) is 0 Å². The van der Waals surface area contributed by atoms with Gasteiger partial charge in [-0.2, -0.15) is 0 Å². The van der Waals surface area contributed by atoms with Crippen molar-refractivity contribution in [3.8, 4) is 0 Å². The second-order valence-electron chi connectivity index (χ2n) is 4.90. The van der Waals surface area contributed by atoms with Crippen molar-refractivity contribution in [3.63, 3.8) is 0 Å². The molecule has 2 rings (SSSR count). The van der Waals surface area contributed by atoms with E-state index in [4.69, 9.17) is 0 Å². The number of fused-ring (bicyclic) bond motifs is 1. The maximum atomic E-state index is 9.77. The monoisotopic (exact) mass is 231 g/mol. The van der Waals surface area contributed by atoms with Gasteiger partial charge in [0.05, 0.1) is 11.1 Å². The van der Waals surface area contributed by atoms with Crippen LogP contribution in [0.15, 0.2) is 30.5 Å². The van der Waals surface area contributed by atoms with Crippen LogP contribution in [-0.2, 0) is 0 Å². The number of hydrogen-bond acceptors (Lipinski definition) is 4. The molecule has 0 aliphatic heterocycles. The lowest BCUT2D eigenvalue weighted by molar-refractivity contribution is 0.0883. The lowest BCUT2D eigenvalue weighted by atomic mass is 10.1. The summed E-state index contributed by atoms with van der Waals surface area (Å²) in [6, 6.07) is 7.86. The highest BCUT2D eigenvalue weighted by Gasteiger charge is 2.17. The summed E-state index contributed by atoms with van der Waals surface area (Å²) in [7, 11) is 1.88. The average Bonchev–Trinajstić information content (AvgIpc) is 2.26. The van der Waals surface area contributed by atoms with E-state index >= 15 is 0 Å². The van der Waals surface area contributed by atoms with Crippen molar-refractivity contribution in [2.24, 2.45) is 0 Å². The largest absolute Gasteiger partial charge is 0.389 e. The normalized spacial score (nSPS) is 11.8. The lowest BCUT2D eigenvalue weighted by Gasteiger charge is -2.25. The summed E-state index contributed by atoms with van der Waals surface area (Å²) in [6.45, 7) is 4.03. The Hall–Kier alpha value is -1.68. The number of nitrogens with zero attached hydrogens (tertiary/aromatic N) is 3. The zero-order valence-electron chi connectivity index (χ0n) is 10.4. The molecule has 0 bridgehead atoms. The fourth-order valence-electron chi connectivity index (χ4n) is 1.80. The Bertz CT molecular complexity index is 519. The molecule has 0 radical (unpaired) electrons. The molecule has 0 amide bonds. The summed E-state index contributed by atoms with van der Waals surface area (Å²) in [4.78, 5) is 10.6. The molecule has 2 aromatic rings. The standard InChI is InChI=1S/C13H17N3O/c1-13(2,17)9-16(3)12-14-8-10-6-4-5-7-11(10)15-12/h4-8,17H,9H2,1-3H3. The summed E-state index contributed by atoms with van der Waals surface area (Å²) < 4.78 is 0. The SMILES string of the molecule is CN(CC(C)(C)O)c1ncc2ccccc2n1. The minimum atomic E-state index is -0.760. The van der Waals surface area contributed by atoms with Gasteiger partial charge in [0.25, 0.3) is 0 Å². The van der Waals surface area contributed by atoms with Gasteiger partial charge in [-0.15, -0.1) is 0 Å². The molecule has 1 N–H and O–H groups in total. The van der Waals surface area contributed by atoms with Gasteiger partial charge in [0.2, 0.25) is 5.95 Å². The number of anilines is 1. The third-order valence-electron chi connectivity index (χ3n) is 2.44. The molecule has 1 aromatic carbocycles. The minimum Gasteiger partial charge on any atom is -0.389 e. The number of rotatable bonds is 3. The lowest BCUT2D eigenvalue weighted by Crippen LogP contribution is -2.37. The van der Waals surface area contributed by atoms with E-state index < -0.39 is 5.60 Å². The molecule has 4 heteroatoms. The van der Waals surface area contributed by atoms with Gasteiger partial charge in [-0.05, 0) is 19.9 Å². The topological polar surface area (TPSA) is 49.2 Å². The van der Waals surface area contributed by atoms with Gasteiger partial charge in [0.15, 0.2) is 0 Å². The van der Waals surface area contributed by atoms with Crippen molar-refractivity contribution in [1.29, 1.82) is 0 Å². The Morgan fingerprint density at radius 1 is 1.29 bits per heavy atom. The Balaban J connectivity index is 2.30. The van der Waals surface area contributed by atoms with E-state index in [1.165, 1.54) is 0 Å². The van der Waals surface area contributed by atoms with E-state index in [1.54, 1.807) is 20.0 Å². The number of para-hydroxylation sites is 1. The zero-order valence-corrected chi connectivity index (χ0v) is 10.4. The summed E-state index contributed by atoms with van der Waals surface area (Å²) in [6.07, 6.45) is 1.80. The van der Waals surface area contributed by atoms with Gasteiger partial charge < -0.3 is 10.0 Å². The molecule has 1 heterocycles. The molecule has 90 valence electrons. The summed E-state index contributed by atoms with van der Waals surface area (Å²) in [5.74, 6) is 0.630. The number of aliphatic hydroxyl groups is 1. The van der Waals surface area contributed by atoms with Crippen molar-refractivity contribution >= 4 is 16.9 Å². The Morgan fingerprint density at radius 2 is 2.00 bits per heavy atom. The first-order valence-electron chi connectivity index (χ1n) is 5.61. The molecular formula is C13H17N3O. The van der Waals surface area contributed by atoms with E-state index in [0.29, 0.717) is 12.5 Å². The molecule has 0 saturated carbocycles. The molecule has 4 nitrogen and oxygen atoms in total. The van der Waals surface area contributed by atoms with Crippen LogP contribution in [0.2, 0.25) is 0 Å². The van der Waals surface area contributed by atoms with Gasteiger partial charge >= 0.3 is 0 Å². The molecule has 0 spiro atoms. The van der Waals surface area contributed by atoms with E-state index in [2.05, 4.69) is 9.97 Å². The Labute approximate surface area is 101 Å². The molecule has 0 atom stereocenters. The van der Waals surface area contributed by atoms with Gasteiger partial charge in [0, 0.05) is 25.2 Å². The van der Waals surface area contributed by atoms with E-state index in [1.807, 2.05) is 36.2 Å². The third kappa shape index (κ3) is 2.91. The van der Waals surface area contributed by atoms with E-state index in [-0.39, 0.29) is 0 Å². The third-order valence-corrected chi connectivity index (χ3v) is 2.44. The average molecular weight is 231 g/mol. The van der Waals surface area contributed by atoms with Crippen molar-refractivity contribution in [2.45, 2.75) is 19.4 Å². The second-order valence-corrected chi connectivity index (χ2v) is 4.90. The van der Waals surface area contributed by atoms with E-state index in [0.717, 1.165) is 10.9 Å². The molecule has 1 aromatic heterocycles. The van der Waals surface area contributed by atoms with Gasteiger partial charge in [-0.1, -0.05) is 18.2 Å². The molecule has 17 heavy (non-hydrogen) atoms. The van der Waals surface area contributed by atoms with Crippen molar-refractivity contribution in [1.82, 2.24) is 9.97 Å². The van der Waals surface area contributed by atoms with Crippen molar-refractivity contribution in [2.75, 3.05) is 18.5 Å². The molecule has 0 aliphatic carbocycles. The summed E-state index contributed by atoms with van der Waals surface area (Å²) >= 11 is 0. The maximum absolute atomic E-state index is 9.77. The van der Waals surface area contributed by atoms with Crippen LogP contribution in [0.4, 0.5) is 5.95 Å². The smallest absolute Gasteiger partial charge is 0.225 e. The maximum Gasteiger partial charge on any atom is 0.225 e. The molecule has 0 unspecified atom stereocenters. The Morgan fingerprint density at radius 3 is 2.71 bits per heavy atom. The van der Waals surface area contributed by atoms with Crippen molar-refractivity contribution in [3.05, 3.63) is 30.5 Å². The van der Waals surface area contributed by atoms with Gasteiger partial charge in [-0.25, -0.2) is 9.97 Å². The number of hydrogen-bond donors (Lipinski definition) is 1. The first-order valence-corrected chi connectivity index (χ1v) is 5.61. The first kappa shape index (κ1) is 11.8. The molecular weight excluding hydrogens is 214 g/mol. The van der Waals surface area contributed by atoms with Gasteiger partial charge in [-0.3, -0.25) is 0 Å². The van der Waals surface area contributed by atoms with Crippen LogP contribution in [0, 0.1) is 0 Å². The van der Waals surface area contributed by atoms with Crippen LogP contribution < -0.4 is 4.90 Å². The quantitative estimate of drug-likeness (QED) is 0.875. The summed E-state index contributed by atoms with van der Waals surface area (Å²) in [5.41, 5.74) is 0.157. The number of likely N-dealkylation sites (N-methyl/N-ethyl adjacent to an activating group) is 1. The van der Waals surface area contributed by atoms with Crippen LogP contribution in [0.1, 0.15) is 13.8 Å². The molecule has 0 saturated heterocycles. The molecule has 0 aliphatic rings. The summed E-state index contributed by atoms with van der Waals surface area (Å²) in [5, 5.41) is 10.8. The minimum absolute atomic E-state index is 0.491. The zero-order chi connectivity index (χ0) is 12.5. The van der Waals surface area contributed by atoms with Crippen molar-refractivity contribution < 1.29 is 5.11 Å². The van der Waals surface area contributed by atoms with E-state index in [9.17, 15) is 5.11 Å². The highest BCUT2D eigenvalue weighted by molar-refractivity contribution is 5.78. The number of benzene rings is 1. The predicted octanol–water partition coefficient (Wildman–Crippen LogP) is 1.84. The second kappa shape index (κ2) is 4.30. The highest BCUT2D eigenvalue weighted by Crippen LogP contribution is 2.15. The predicted molar refractivity (Wildman–Crippen MR) is 69.1 cm³/mol. The fraction of sp³-hybridized carbons (Fsp3) is 0.385. The number of aromatic nitrogens is 2.